The minimum Gasteiger partial charge on any atom is -0.398 e. The highest BCUT2D eigenvalue weighted by atomic mass is 32.2. The van der Waals surface area contributed by atoms with Crippen LogP contribution in [0.2, 0.25) is 0 Å². The highest BCUT2D eigenvalue weighted by molar-refractivity contribution is 7.94. The number of anilines is 2. The van der Waals surface area contributed by atoms with E-state index >= 15 is 0 Å². The summed E-state index contributed by atoms with van der Waals surface area (Å²) in [4.78, 5) is 1.08. The summed E-state index contributed by atoms with van der Waals surface area (Å²) in [5.41, 5.74) is 8.24. The van der Waals surface area contributed by atoms with E-state index in [-0.39, 0.29) is 0 Å². The third kappa shape index (κ3) is 1.99. The molecule has 0 atom stereocenters. The number of rotatable bonds is 3. The maximum Gasteiger partial charge on any atom is 0.273 e. The molecule has 0 aliphatic carbocycles. The second kappa shape index (κ2) is 4.79. The number of hydrogen-bond donors (Lipinski definition) is 1. The van der Waals surface area contributed by atoms with Crippen LogP contribution in [0, 0.1) is 0 Å². The third-order valence-corrected chi connectivity index (χ3v) is 7.06. The second-order valence-corrected chi connectivity index (χ2v) is 8.00. The molecule has 1 aliphatic rings. The van der Waals surface area contributed by atoms with Crippen LogP contribution in [0.15, 0.2) is 34.5 Å². The molecule has 4 nitrogen and oxygen atoms in total. The van der Waals surface area contributed by atoms with Gasteiger partial charge in [-0.2, -0.15) is 0 Å². The number of fused-ring (bicyclic) bond motifs is 1. The van der Waals surface area contributed by atoms with Crippen LogP contribution < -0.4 is 10.0 Å². The lowest BCUT2D eigenvalue weighted by Crippen LogP contribution is -2.28. The van der Waals surface area contributed by atoms with E-state index in [1.807, 2.05) is 25.1 Å². The fourth-order valence-electron chi connectivity index (χ4n) is 2.48. The molecule has 0 amide bonds. The first kappa shape index (κ1) is 13.5. The van der Waals surface area contributed by atoms with Crippen molar-refractivity contribution < 1.29 is 8.42 Å². The quantitative estimate of drug-likeness (QED) is 0.887. The zero-order valence-corrected chi connectivity index (χ0v) is 12.8. The fourth-order valence-corrected chi connectivity index (χ4v) is 5.38. The molecule has 2 aromatic rings. The van der Waals surface area contributed by atoms with Gasteiger partial charge in [0.2, 0.25) is 0 Å². The van der Waals surface area contributed by atoms with Crippen molar-refractivity contribution in [1.29, 1.82) is 0 Å². The molecule has 1 aliphatic heterocycles. The Bertz CT molecular complexity index is 750. The third-order valence-electron chi connectivity index (χ3n) is 3.55. The van der Waals surface area contributed by atoms with E-state index < -0.39 is 10.0 Å². The smallest absolute Gasteiger partial charge is 0.273 e. The van der Waals surface area contributed by atoms with E-state index in [1.54, 1.807) is 12.1 Å². The summed E-state index contributed by atoms with van der Waals surface area (Å²) in [6.45, 7) is 2.49. The number of nitrogens with two attached hydrogens (primary N) is 1. The molecule has 20 heavy (non-hydrogen) atoms. The molecule has 6 heteroatoms. The zero-order valence-electron chi connectivity index (χ0n) is 11.2. The largest absolute Gasteiger partial charge is 0.398 e. The van der Waals surface area contributed by atoms with Gasteiger partial charge in [0.1, 0.15) is 4.21 Å². The average Bonchev–Trinajstić information content (AvgIpc) is 3.06. The first-order valence-corrected chi connectivity index (χ1v) is 8.78. The number of aryl methyl sites for hydroxylation is 1. The van der Waals surface area contributed by atoms with Crippen LogP contribution in [0.1, 0.15) is 17.4 Å². The van der Waals surface area contributed by atoms with Crippen LogP contribution in [0.3, 0.4) is 0 Å². The zero-order chi connectivity index (χ0) is 14.3. The number of thiophene rings is 1. The van der Waals surface area contributed by atoms with E-state index in [2.05, 4.69) is 0 Å². The molecule has 106 valence electrons. The van der Waals surface area contributed by atoms with E-state index in [9.17, 15) is 8.42 Å². The molecule has 2 N–H and O–H groups in total. The Morgan fingerprint density at radius 1 is 1.30 bits per heavy atom. The van der Waals surface area contributed by atoms with Crippen molar-refractivity contribution in [2.45, 2.75) is 24.0 Å². The van der Waals surface area contributed by atoms with Crippen molar-refractivity contribution in [1.82, 2.24) is 0 Å². The van der Waals surface area contributed by atoms with Crippen molar-refractivity contribution in [3.8, 4) is 0 Å². The van der Waals surface area contributed by atoms with Gasteiger partial charge in [-0.3, -0.25) is 4.31 Å². The van der Waals surface area contributed by atoms with E-state index in [0.29, 0.717) is 22.9 Å². The summed E-state index contributed by atoms with van der Waals surface area (Å²) in [5, 5.41) is 0. The summed E-state index contributed by atoms with van der Waals surface area (Å²) >= 11 is 1.34. The Morgan fingerprint density at radius 2 is 2.10 bits per heavy atom. The average molecular weight is 308 g/mol. The van der Waals surface area contributed by atoms with Crippen molar-refractivity contribution in [2.24, 2.45) is 0 Å². The minimum atomic E-state index is -3.46. The molecule has 0 fully saturated rings. The summed E-state index contributed by atoms with van der Waals surface area (Å²) in [6.07, 6.45) is 1.52. The number of nitrogens with zero attached hydrogens (tertiary/aromatic N) is 1. The minimum absolute atomic E-state index is 0.407. The lowest BCUT2D eigenvalue weighted by atomic mass is 10.1. The lowest BCUT2D eigenvalue weighted by molar-refractivity contribution is 0.594. The number of hydrogen-bond acceptors (Lipinski definition) is 4. The fraction of sp³-hybridized carbons (Fsp3) is 0.286. The van der Waals surface area contributed by atoms with Crippen LogP contribution in [0.25, 0.3) is 0 Å². The molecule has 3 rings (SSSR count). The summed E-state index contributed by atoms with van der Waals surface area (Å²) in [7, 11) is -3.46. The van der Waals surface area contributed by atoms with E-state index in [0.717, 1.165) is 22.5 Å². The van der Waals surface area contributed by atoms with Crippen LogP contribution in [-0.2, 0) is 22.9 Å². The van der Waals surface area contributed by atoms with Crippen molar-refractivity contribution in [3.05, 3.63) is 40.8 Å². The first-order chi connectivity index (χ1) is 9.54. The Morgan fingerprint density at radius 3 is 2.80 bits per heavy atom. The van der Waals surface area contributed by atoms with Crippen LogP contribution in [0.5, 0.6) is 0 Å². The normalized spacial score (nSPS) is 14.6. The van der Waals surface area contributed by atoms with E-state index in [4.69, 9.17) is 5.73 Å². The first-order valence-electron chi connectivity index (χ1n) is 6.53. The second-order valence-electron chi connectivity index (χ2n) is 4.75. The SMILES string of the molecule is CCc1ccc(S(=O)(=O)N2CCc3c(N)cccc32)s1. The van der Waals surface area contributed by atoms with E-state index in [1.165, 1.54) is 15.6 Å². The van der Waals surface area contributed by atoms with Gasteiger partial charge in [-0.15, -0.1) is 11.3 Å². The maximum atomic E-state index is 12.7. The summed E-state index contributed by atoms with van der Waals surface area (Å²) < 4.78 is 27.3. The van der Waals surface area contributed by atoms with Crippen molar-refractivity contribution in [2.75, 3.05) is 16.6 Å². The molecule has 2 heterocycles. The molecule has 0 spiro atoms. The van der Waals surface area contributed by atoms with Gasteiger partial charge in [-0.05, 0) is 37.1 Å². The van der Waals surface area contributed by atoms with Gasteiger partial charge in [0, 0.05) is 22.7 Å². The van der Waals surface area contributed by atoms with Gasteiger partial charge in [-0.25, -0.2) is 8.42 Å². The number of benzene rings is 1. The monoisotopic (exact) mass is 308 g/mol. The number of nitrogen functional groups attached to an aromatic ring is 1. The Kier molecular flexibility index (Phi) is 3.22. The Labute approximate surface area is 122 Å². The Hall–Kier alpha value is -1.53. The highest BCUT2D eigenvalue weighted by Gasteiger charge is 2.32. The molecule has 0 bridgehead atoms. The highest BCUT2D eigenvalue weighted by Crippen LogP contribution is 2.37. The van der Waals surface area contributed by atoms with Gasteiger partial charge >= 0.3 is 0 Å². The molecular weight excluding hydrogens is 292 g/mol. The van der Waals surface area contributed by atoms with Crippen LogP contribution >= 0.6 is 11.3 Å². The summed E-state index contributed by atoms with van der Waals surface area (Å²) in [5.74, 6) is 0. The van der Waals surface area contributed by atoms with Gasteiger partial charge in [0.05, 0.1) is 5.69 Å². The van der Waals surface area contributed by atoms with Gasteiger partial charge in [0.25, 0.3) is 10.0 Å². The van der Waals surface area contributed by atoms with Gasteiger partial charge in [-0.1, -0.05) is 13.0 Å². The van der Waals surface area contributed by atoms with Crippen molar-refractivity contribution >= 4 is 32.7 Å². The molecule has 0 unspecified atom stereocenters. The standard InChI is InChI=1S/C14H16N2O2S2/c1-2-10-6-7-14(19-10)20(17,18)16-9-8-11-12(15)4-3-5-13(11)16/h3-7H,2,8-9,15H2,1H3. The number of sulfonamides is 1. The van der Waals surface area contributed by atoms with Crippen molar-refractivity contribution in [3.63, 3.8) is 0 Å². The van der Waals surface area contributed by atoms with Crippen LogP contribution in [0.4, 0.5) is 11.4 Å². The topological polar surface area (TPSA) is 63.4 Å². The Balaban J connectivity index is 2.05. The summed E-state index contributed by atoms with van der Waals surface area (Å²) in [6, 6.07) is 9.02. The molecular formula is C14H16N2O2S2. The molecule has 0 radical (unpaired) electrons. The van der Waals surface area contributed by atoms with Gasteiger partial charge in [0.15, 0.2) is 0 Å². The molecule has 0 saturated carbocycles. The lowest BCUT2D eigenvalue weighted by Gasteiger charge is -2.18. The maximum absolute atomic E-state index is 12.7. The van der Waals surface area contributed by atoms with Crippen LogP contribution in [-0.4, -0.2) is 15.0 Å². The molecule has 1 aromatic heterocycles. The van der Waals surface area contributed by atoms with Gasteiger partial charge < -0.3 is 5.73 Å². The predicted molar refractivity (Wildman–Crippen MR) is 82.8 cm³/mol. The predicted octanol–water partition coefficient (Wildman–Crippen LogP) is 2.64. The molecule has 1 aromatic carbocycles. The molecule has 0 saturated heterocycles.